The van der Waals surface area contributed by atoms with Crippen LogP contribution in [-0.4, -0.2) is 23.9 Å². The predicted molar refractivity (Wildman–Crippen MR) is 5.75 cm³/mol. The van der Waals surface area contributed by atoms with Crippen molar-refractivity contribution in [2.75, 3.05) is 0 Å². The first kappa shape index (κ1) is 42.8. The first-order valence-corrected chi connectivity index (χ1v) is 0. The van der Waals surface area contributed by atoms with Gasteiger partial charge in [-0.3, -0.25) is 0 Å². The van der Waals surface area contributed by atoms with E-state index in [-0.39, 0.29) is 96.9 Å². The topological polar surface area (TPSA) is 0 Å². The van der Waals surface area contributed by atoms with E-state index in [1.807, 2.05) is 0 Å². The third kappa shape index (κ3) is 19.3. The van der Waals surface area contributed by atoms with E-state index >= 15 is 0 Å². The summed E-state index contributed by atoms with van der Waals surface area (Å²) in [7, 11) is 0. The van der Waals surface area contributed by atoms with Gasteiger partial charge in [0.15, 0.2) is 0 Å². The molecule has 47 valence electrons. The number of hydrogen-bond acceptors (Lipinski definition) is 0. The van der Waals surface area contributed by atoms with Crippen LogP contribution in [0.1, 0.15) is 0 Å². The molecule has 0 N–H and O–H groups in total. The third-order valence-electron chi connectivity index (χ3n) is 0. The monoisotopic (exact) mass is 411 g/mol. The molecule has 0 fully saturated rings. The Labute approximate surface area is 95.3 Å². The van der Waals surface area contributed by atoms with Gasteiger partial charge in [-0.05, 0) is 0 Å². The van der Waals surface area contributed by atoms with Gasteiger partial charge in [0.1, 0.15) is 0 Å². The van der Waals surface area contributed by atoms with Gasteiger partial charge in [0.05, 0.1) is 0 Å². The Bertz CT molecular complexity index is 9.61. The van der Waals surface area contributed by atoms with E-state index in [2.05, 4.69) is 0 Å². The summed E-state index contributed by atoms with van der Waals surface area (Å²) in [6.45, 7) is 0. The molecule has 5 heteroatoms. The van der Waals surface area contributed by atoms with Gasteiger partial charge in [-0.15, -0.1) is 0 Å². The summed E-state index contributed by atoms with van der Waals surface area (Å²) in [5, 5.41) is 0. The van der Waals surface area contributed by atoms with Crippen LogP contribution in [-0.2, 0) is 73.0 Å². The van der Waals surface area contributed by atoms with Crippen LogP contribution in [0.2, 0.25) is 0 Å². The Hall–Kier alpha value is 3.07. The average molecular weight is 412 g/mol. The molecule has 0 aliphatic carbocycles. The van der Waals surface area contributed by atoms with Crippen molar-refractivity contribution in [3.05, 3.63) is 0 Å². The fourth-order valence-electron chi connectivity index (χ4n) is 0. The van der Waals surface area contributed by atoms with E-state index in [1.165, 1.54) is 0 Å². The Balaban J connectivity index is 0. The van der Waals surface area contributed by atoms with E-state index in [0.29, 0.717) is 0 Å². The van der Waals surface area contributed by atoms with Gasteiger partial charge in [-0.25, -0.2) is 0 Å². The van der Waals surface area contributed by atoms with Gasteiger partial charge >= 0.3 is 0 Å². The maximum Gasteiger partial charge on any atom is 0 e. The second-order valence-electron chi connectivity index (χ2n) is 0. The summed E-state index contributed by atoms with van der Waals surface area (Å²) in [6, 6.07) is 0. The molecule has 5 heavy (non-hydrogen) atoms. The van der Waals surface area contributed by atoms with Crippen molar-refractivity contribution in [1.29, 1.82) is 0 Å². The van der Waals surface area contributed by atoms with Crippen molar-refractivity contribution >= 4 is 23.9 Å². The molecule has 0 bridgehead atoms. The molecule has 0 unspecified atom stereocenters. The molecule has 0 amide bonds. The minimum atomic E-state index is 0. The molecule has 0 saturated heterocycles. The van der Waals surface area contributed by atoms with Crippen LogP contribution in [0.5, 0.6) is 0 Å². The van der Waals surface area contributed by atoms with E-state index in [4.69, 9.17) is 0 Å². The van der Waals surface area contributed by atoms with Crippen molar-refractivity contribution in [2.45, 2.75) is 0 Å². The van der Waals surface area contributed by atoms with Gasteiger partial charge in [-0.1, -0.05) is 0 Å². The number of hydrogen-bond donors (Lipinski definition) is 0. The van der Waals surface area contributed by atoms with Crippen molar-refractivity contribution in [2.24, 2.45) is 0 Å². The molecule has 0 rings (SSSR count). The molecule has 0 spiro atoms. The Kier molecular flexibility index (Phi) is 236. The normalized spacial score (nSPS) is 0. The predicted octanol–water partition coefficient (Wildman–Crippen LogP) is -0.391. The second kappa shape index (κ2) is 27.6. The quantitative estimate of drug-likeness (QED) is 0.476. The van der Waals surface area contributed by atoms with Crippen LogP contribution >= 0.6 is 0 Å². The first-order valence-electron chi connectivity index (χ1n) is 0. The standard InChI is InChI=1S/Ag.2Cu.Ni.Sn. The summed E-state index contributed by atoms with van der Waals surface area (Å²) in [4.78, 5) is 0. The molecule has 7 radical (unpaired) electrons. The zero-order valence-corrected chi connectivity index (χ0v) is 8.93. The van der Waals surface area contributed by atoms with E-state index in [0.717, 1.165) is 0 Å². The van der Waals surface area contributed by atoms with Crippen molar-refractivity contribution < 1.29 is 73.0 Å². The molecule has 0 aliphatic heterocycles. The van der Waals surface area contributed by atoms with Crippen molar-refractivity contribution in [3.63, 3.8) is 0 Å². The Morgan fingerprint density at radius 3 is 0.800 bits per heavy atom. The zero-order valence-electron chi connectivity index (χ0n) is 1.72. The molecule has 0 atom stereocenters. The molecule has 0 aromatic rings. The second-order valence-corrected chi connectivity index (χ2v) is 0. The summed E-state index contributed by atoms with van der Waals surface area (Å²) in [5.41, 5.74) is 0. The van der Waals surface area contributed by atoms with Crippen LogP contribution < -0.4 is 0 Å². The van der Waals surface area contributed by atoms with Gasteiger partial charge in [0, 0.05) is 96.9 Å². The summed E-state index contributed by atoms with van der Waals surface area (Å²) in [6.07, 6.45) is 0. The third-order valence-corrected chi connectivity index (χ3v) is 0. The van der Waals surface area contributed by atoms with Crippen LogP contribution in [0.3, 0.4) is 0 Å². The molecule has 0 nitrogen and oxygen atoms in total. The molecule has 0 aliphatic rings. The largest absolute Gasteiger partial charge is 0 e. The smallest absolute Gasteiger partial charge is 0 e. The van der Waals surface area contributed by atoms with Crippen LogP contribution in [0.25, 0.3) is 0 Å². The Morgan fingerprint density at radius 1 is 0.800 bits per heavy atom. The molecule has 0 heterocycles. The zero-order chi connectivity index (χ0) is 0. The first-order chi connectivity index (χ1) is 0. The van der Waals surface area contributed by atoms with Crippen molar-refractivity contribution in [1.82, 2.24) is 0 Å². The van der Waals surface area contributed by atoms with E-state index in [1.54, 1.807) is 0 Å². The fraction of sp³-hybridized carbons (Fsp3) is 0. The summed E-state index contributed by atoms with van der Waals surface area (Å²) >= 11 is 0. The van der Waals surface area contributed by atoms with E-state index < -0.39 is 0 Å². The van der Waals surface area contributed by atoms with Gasteiger partial charge in [0.2, 0.25) is 0 Å². The fourth-order valence-corrected chi connectivity index (χ4v) is 0. The van der Waals surface area contributed by atoms with Gasteiger partial charge in [0.25, 0.3) is 0 Å². The molecule has 0 aromatic carbocycles. The van der Waals surface area contributed by atoms with Crippen LogP contribution in [0, 0.1) is 0 Å². The number of rotatable bonds is 0. The SMILES string of the molecule is [Ag].[Cu].[Cu].[Ni].[Sn]. The van der Waals surface area contributed by atoms with E-state index in [9.17, 15) is 0 Å². The minimum absolute atomic E-state index is 0. The average Bonchev–Trinajstić information content (AvgIpc) is 0. The van der Waals surface area contributed by atoms with Gasteiger partial charge in [-0.2, -0.15) is 0 Å². The summed E-state index contributed by atoms with van der Waals surface area (Å²) in [5.74, 6) is 0. The van der Waals surface area contributed by atoms with Crippen molar-refractivity contribution in [3.8, 4) is 0 Å². The molecular formula is AgCu2NiSn. The van der Waals surface area contributed by atoms with Gasteiger partial charge < -0.3 is 0 Å². The minimum Gasteiger partial charge on any atom is 0 e. The maximum atomic E-state index is 0. The Morgan fingerprint density at radius 2 is 0.800 bits per heavy atom. The van der Waals surface area contributed by atoms with Crippen LogP contribution in [0.4, 0.5) is 0 Å². The molecule has 0 saturated carbocycles. The maximum absolute atomic E-state index is 0. The van der Waals surface area contributed by atoms with Crippen LogP contribution in [0.15, 0.2) is 0 Å². The molecular weight excluding hydrogens is 412 g/mol. The summed E-state index contributed by atoms with van der Waals surface area (Å²) < 4.78 is 0. The molecule has 0 aromatic heterocycles.